The van der Waals surface area contributed by atoms with Crippen molar-refractivity contribution in [1.82, 2.24) is 15.3 Å². The molecule has 0 atom stereocenters. The molecule has 2 rings (SSSR count). The van der Waals surface area contributed by atoms with E-state index in [2.05, 4.69) is 17.0 Å². The number of nitrogens with one attached hydrogen (secondary N) is 1. The molecule has 1 aromatic rings. The van der Waals surface area contributed by atoms with Crippen molar-refractivity contribution in [2.24, 2.45) is 0 Å². The molecule has 1 saturated heterocycles. The van der Waals surface area contributed by atoms with Crippen LogP contribution >= 0.6 is 0 Å². The summed E-state index contributed by atoms with van der Waals surface area (Å²) in [7, 11) is 0. The smallest absolute Gasteiger partial charge is 0.113 e. The van der Waals surface area contributed by atoms with Gasteiger partial charge >= 0.3 is 0 Å². The van der Waals surface area contributed by atoms with Gasteiger partial charge in [-0.25, -0.2) is 0 Å². The zero-order valence-corrected chi connectivity index (χ0v) is 11.3. The van der Waals surface area contributed by atoms with E-state index in [9.17, 15) is 5.21 Å². The summed E-state index contributed by atoms with van der Waals surface area (Å²) in [4.78, 5) is 0.979. The Bertz CT molecular complexity index is 493. The van der Waals surface area contributed by atoms with E-state index in [0.717, 1.165) is 47.6 Å². The highest BCUT2D eigenvalue weighted by Crippen LogP contribution is 2.31. The molecule has 0 unspecified atom stereocenters. The van der Waals surface area contributed by atoms with Gasteiger partial charge in [0, 0.05) is 11.1 Å². The molecule has 4 nitrogen and oxygen atoms in total. The zero-order chi connectivity index (χ0) is 13.7. The third-order valence-electron chi connectivity index (χ3n) is 3.48. The van der Waals surface area contributed by atoms with Crippen LogP contribution in [-0.4, -0.2) is 28.2 Å². The summed E-state index contributed by atoms with van der Waals surface area (Å²) in [6, 6.07) is 0. The fourth-order valence-corrected chi connectivity index (χ4v) is 2.59. The lowest BCUT2D eigenvalue weighted by molar-refractivity contribution is 0.146. The highest BCUT2D eigenvalue weighted by atomic mass is 16.5. The minimum atomic E-state index is 0.454. The first-order valence-electron chi connectivity index (χ1n) is 6.71. The highest BCUT2D eigenvalue weighted by Gasteiger charge is 2.23. The number of aromatic nitrogens is 2. The van der Waals surface area contributed by atoms with Crippen LogP contribution in [0.5, 0.6) is 0 Å². The summed E-state index contributed by atoms with van der Waals surface area (Å²) in [5.74, 6) is 0.454. The van der Waals surface area contributed by atoms with Crippen LogP contribution in [0.15, 0.2) is 37.1 Å². The van der Waals surface area contributed by atoms with Gasteiger partial charge in [0.2, 0.25) is 0 Å². The van der Waals surface area contributed by atoms with Crippen molar-refractivity contribution in [3.8, 4) is 0 Å². The average molecular weight is 259 g/mol. The number of rotatable bonds is 4. The van der Waals surface area contributed by atoms with Gasteiger partial charge in [0.05, 0.1) is 6.20 Å². The van der Waals surface area contributed by atoms with Crippen LogP contribution in [0.25, 0.3) is 5.57 Å². The summed E-state index contributed by atoms with van der Waals surface area (Å²) in [5, 5.41) is 17.3. The average Bonchev–Trinajstić information content (AvgIpc) is 2.81. The lowest BCUT2D eigenvalue weighted by atomic mass is 9.88. The maximum Gasteiger partial charge on any atom is 0.113 e. The molecule has 0 aliphatic carbocycles. The predicted molar refractivity (Wildman–Crippen MR) is 77.2 cm³/mol. The molecule has 0 aromatic carbocycles. The van der Waals surface area contributed by atoms with E-state index >= 15 is 0 Å². The molecular formula is C15H21N3O. The van der Waals surface area contributed by atoms with Gasteiger partial charge in [0.15, 0.2) is 0 Å². The Morgan fingerprint density at radius 1 is 1.53 bits per heavy atom. The predicted octanol–water partition coefficient (Wildman–Crippen LogP) is 2.73. The monoisotopic (exact) mass is 259 g/mol. The first kappa shape index (κ1) is 13.6. The zero-order valence-electron chi connectivity index (χ0n) is 11.3. The second-order valence-electron chi connectivity index (χ2n) is 4.72. The molecule has 0 bridgehead atoms. The molecule has 0 radical (unpaired) electrons. The molecule has 1 aromatic heterocycles. The normalized spacial score (nSPS) is 18.1. The molecule has 0 saturated carbocycles. The van der Waals surface area contributed by atoms with Crippen molar-refractivity contribution >= 4 is 5.57 Å². The summed E-state index contributed by atoms with van der Waals surface area (Å²) in [6.45, 7) is 7.73. The van der Waals surface area contributed by atoms with E-state index < -0.39 is 0 Å². The highest BCUT2D eigenvalue weighted by molar-refractivity contribution is 5.75. The van der Waals surface area contributed by atoms with E-state index in [1.807, 2.05) is 25.2 Å². The third-order valence-corrected chi connectivity index (χ3v) is 3.48. The second kappa shape index (κ2) is 6.38. The van der Waals surface area contributed by atoms with Crippen molar-refractivity contribution in [3.05, 3.63) is 48.3 Å². The molecule has 1 aliphatic heterocycles. The third kappa shape index (κ3) is 2.96. The van der Waals surface area contributed by atoms with Crippen LogP contribution in [0.4, 0.5) is 0 Å². The molecule has 1 fully saturated rings. The van der Waals surface area contributed by atoms with Crippen molar-refractivity contribution in [3.63, 3.8) is 0 Å². The number of hydrogen-bond acceptors (Lipinski definition) is 3. The van der Waals surface area contributed by atoms with Gasteiger partial charge in [-0.1, -0.05) is 30.9 Å². The minimum Gasteiger partial charge on any atom is -0.411 e. The quantitative estimate of drug-likeness (QED) is 0.645. The summed E-state index contributed by atoms with van der Waals surface area (Å²) in [6.07, 6.45) is 11.5. The van der Waals surface area contributed by atoms with Crippen molar-refractivity contribution in [1.29, 1.82) is 0 Å². The van der Waals surface area contributed by atoms with Gasteiger partial charge in [-0.2, -0.15) is 0 Å². The molecule has 2 N–H and O–H groups in total. The van der Waals surface area contributed by atoms with Gasteiger partial charge in [-0.15, -0.1) is 9.94 Å². The Kier molecular flexibility index (Phi) is 4.58. The van der Waals surface area contributed by atoms with Crippen molar-refractivity contribution in [2.75, 3.05) is 13.1 Å². The lowest BCUT2D eigenvalue weighted by Gasteiger charge is -2.22. The molecule has 2 heterocycles. The van der Waals surface area contributed by atoms with E-state index in [1.54, 1.807) is 12.3 Å². The Morgan fingerprint density at radius 3 is 2.89 bits per heavy atom. The van der Waals surface area contributed by atoms with E-state index in [1.165, 1.54) is 0 Å². The summed E-state index contributed by atoms with van der Waals surface area (Å²) < 4.78 is 0. The van der Waals surface area contributed by atoms with Gasteiger partial charge in [0.1, 0.15) is 5.69 Å². The van der Waals surface area contributed by atoms with E-state index in [4.69, 9.17) is 0 Å². The number of hydrogen-bond donors (Lipinski definition) is 2. The lowest BCUT2D eigenvalue weighted by Crippen LogP contribution is -2.27. The summed E-state index contributed by atoms with van der Waals surface area (Å²) >= 11 is 0. The molecule has 0 amide bonds. The van der Waals surface area contributed by atoms with Gasteiger partial charge in [-0.3, -0.25) is 0 Å². The first-order chi connectivity index (χ1) is 9.27. The molecule has 102 valence electrons. The maximum atomic E-state index is 9.97. The van der Waals surface area contributed by atoms with Gasteiger partial charge in [-0.05, 0) is 38.8 Å². The maximum absolute atomic E-state index is 9.97. The number of nitrogens with zero attached hydrogens (tertiary/aromatic N) is 2. The molecule has 0 spiro atoms. The number of piperidine rings is 1. The molecule has 1 aliphatic rings. The summed E-state index contributed by atoms with van der Waals surface area (Å²) in [5.41, 5.74) is 2.84. The van der Waals surface area contributed by atoms with Crippen molar-refractivity contribution < 1.29 is 5.21 Å². The van der Waals surface area contributed by atoms with Crippen LogP contribution < -0.4 is 5.32 Å². The molecule has 4 heteroatoms. The molecule has 19 heavy (non-hydrogen) atoms. The van der Waals surface area contributed by atoms with E-state index in [0.29, 0.717) is 5.92 Å². The van der Waals surface area contributed by atoms with Crippen LogP contribution in [0, 0.1) is 0 Å². The topological polar surface area (TPSA) is 50.1 Å². The van der Waals surface area contributed by atoms with Crippen molar-refractivity contribution in [2.45, 2.75) is 25.7 Å². The van der Waals surface area contributed by atoms with Crippen LogP contribution in [0.1, 0.15) is 36.9 Å². The van der Waals surface area contributed by atoms with Gasteiger partial charge < -0.3 is 10.5 Å². The molecular weight excluding hydrogens is 238 g/mol. The van der Waals surface area contributed by atoms with Crippen LogP contribution in [-0.2, 0) is 0 Å². The fourth-order valence-electron chi connectivity index (χ4n) is 2.59. The SMILES string of the molecule is C=C/C=C(\C=C/C)c1c(C2CCNCC2)cnn1O. The van der Waals surface area contributed by atoms with Crippen LogP contribution in [0.3, 0.4) is 0 Å². The standard InChI is InChI=1S/C15H21N3O/c1-3-5-13(6-4-2)15-14(11-17-18(15)19)12-7-9-16-10-8-12/h3-6,11-12,16,19H,1,7-10H2,2H3/b6-4-,13-5+. The fraction of sp³-hybridized carbons (Fsp3) is 0.400. The number of allylic oxidation sites excluding steroid dienone is 5. The van der Waals surface area contributed by atoms with Crippen LogP contribution in [0.2, 0.25) is 0 Å². The Labute approximate surface area is 114 Å². The Hall–Kier alpha value is -1.81. The first-order valence-corrected chi connectivity index (χ1v) is 6.71. The van der Waals surface area contributed by atoms with Gasteiger partial charge in [0.25, 0.3) is 0 Å². The largest absolute Gasteiger partial charge is 0.411 e. The second-order valence-corrected chi connectivity index (χ2v) is 4.72. The Morgan fingerprint density at radius 2 is 2.26 bits per heavy atom. The minimum absolute atomic E-state index is 0.454. The van der Waals surface area contributed by atoms with E-state index in [-0.39, 0.29) is 0 Å². The Balaban J connectivity index is 2.40.